The topological polar surface area (TPSA) is 108 Å². The first-order valence-electron chi connectivity index (χ1n) is 16.0. The number of nitrogens with zero attached hydrogens (tertiary/aromatic N) is 4. The van der Waals surface area contributed by atoms with Crippen molar-refractivity contribution >= 4 is 17.5 Å². The average molecular weight is 614 g/mol. The van der Waals surface area contributed by atoms with Crippen molar-refractivity contribution in [2.45, 2.75) is 51.6 Å². The molecular formula is C37H39N7O2. The van der Waals surface area contributed by atoms with Crippen LogP contribution in [0.1, 0.15) is 57.3 Å². The Morgan fingerprint density at radius 1 is 0.957 bits per heavy atom. The van der Waals surface area contributed by atoms with Crippen LogP contribution in [0.15, 0.2) is 79.0 Å². The van der Waals surface area contributed by atoms with Crippen LogP contribution >= 0.6 is 0 Å². The summed E-state index contributed by atoms with van der Waals surface area (Å²) in [7, 11) is 1.72. The van der Waals surface area contributed by atoms with Gasteiger partial charge >= 0.3 is 0 Å². The predicted octanol–water partition coefficient (Wildman–Crippen LogP) is 5.77. The molecule has 1 aliphatic carbocycles. The molecule has 1 fully saturated rings. The van der Waals surface area contributed by atoms with Crippen molar-refractivity contribution in [3.63, 3.8) is 0 Å². The van der Waals surface area contributed by atoms with Gasteiger partial charge in [0.05, 0.1) is 5.69 Å². The average Bonchev–Trinajstić information content (AvgIpc) is 3.76. The molecular weight excluding hydrogens is 574 g/mol. The summed E-state index contributed by atoms with van der Waals surface area (Å²) in [6.07, 6.45) is 4.47. The molecule has 9 nitrogen and oxygen atoms in total. The van der Waals surface area contributed by atoms with E-state index in [0.29, 0.717) is 11.4 Å². The Morgan fingerprint density at radius 2 is 1.70 bits per heavy atom. The third kappa shape index (κ3) is 5.86. The number of anilines is 1. The SMILES string of the molecule is Cc1n[nH]c(C)c1-c1ccc(NC(=O)[C@@H](NC(=O)c2ccnn2C)[C@@H]2CCc3ccc(-c4ccc(CN5CCC5)cc4)cc32)cc1. The lowest BCUT2D eigenvalue weighted by atomic mass is 9.90. The molecule has 1 aliphatic heterocycles. The Labute approximate surface area is 269 Å². The molecule has 46 heavy (non-hydrogen) atoms. The predicted molar refractivity (Wildman–Crippen MR) is 179 cm³/mol. The van der Waals surface area contributed by atoms with Crippen molar-refractivity contribution in [3.8, 4) is 22.3 Å². The number of carbonyl (C=O) groups excluding carboxylic acids is 2. The van der Waals surface area contributed by atoms with Crippen molar-refractivity contribution in [1.82, 2.24) is 30.2 Å². The Morgan fingerprint density at radius 3 is 2.35 bits per heavy atom. The minimum atomic E-state index is -0.782. The zero-order valence-corrected chi connectivity index (χ0v) is 26.5. The summed E-state index contributed by atoms with van der Waals surface area (Å²) in [5.74, 6) is -0.769. The van der Waals surface area contributed by atoms with Crippen molar-refractivity contribution in [2.24, 2.45) is 7.05 Å². The van der Waals surface area contributed by atoms with Gasteiger partial charge in [0.15, 0.2) is 0 Å². The van der Waals surface area contributed by atoms with E-state index in [2.05, 4.69) is 73.3 Å². The van der Waals surface area contributed by atoms with Crippen molar-refractivity contribution < 1.29 is 9.59 Å². The zero-order chi connectivity index (χ0) is 31.8. The van der Waals surface area contributed by atoms with Crippen LogP contribution in [0.25, 0.3) is 22.3 Å². The molecule has 2 amide bonds. The molecule has 9 heteroatoms. The quantitative estimate of drug-likeness (QED) is 0.196. The van der Waals surface area contributed by atoms with Crippen LogP contribution in [-0.2, 0) is 24.8 Å². The highest BCUT2D eigenvalue weighted by atomic mass is 16.2. The second kappa shape index (κ2) is 12.4. The summed E-state index contributed by atoms with van der Waals surface area (Å²) in [5, 5.41) is 17.7. The van der Waals surface area contributed by atoms with Gasteiger partial charge in [-0.05, 0) is 97.8 Å². The van der Waals surface area contributed by atoms with Crippen LogP contribution in [0, 0.1) is 13.8 Å². The lowest BCUT2D eigenvalue weighted by Gasteiger charge is -2.30. The second-order valence-electron chi connectivity index (χ2n) is 12.6. The summed E-state index contributed by atoms with van der Waals surface area (Å²) in [6.45, 7) is 7.31. The van der Waals surface area contributed by atoms with E-state index < -0.39 is 6.04 Å². The Bertz CT molecular complexity index is 1860. The maximum atomic E-state index is 14.1. The van der Waals surface area contributed by atoms with Crippen molar-refractivity contribution in [2.75, 3.05) is 18.4 Å². The number of nitrogens with one attached hydrogen (secondary N) is 3. The lowest BCUT2D eigenvalue weighted by Crippen LogP contribution is -2.47. The van der Waals surface area contributed by atoms with E-state index in [-0.39, 0.29) is 17.7 Å². The number of hydrogen-bond acceptors (Lipinski definition) is 5. The summed E-state index contributed by atoms with van der Waals surface area (Å²) in [4.78, 5) is 30.0. The van der Waals surface area contributed by atoms with E-state index in [1.807, 2.05) is 38.1 Å². The van der Waals surface area contributed by atoms with Gasteiger partial charge in [0, 0.05) is 42.7 Å². The van der Waals surface area contributed by atoms with E-state index in [0.717, 1.165) is 58.6 Å². The smallest absolute Gasteiger partial charge is 0.270 e. The molecule has 2 aromatic heterocycles. The highest BCUT2D eigenvalue weighted by Crippen LogP contribution is 2.39. The fraction of sp³-hybridized carbons (Fsp3) is 0.297. The fourth-order valence-corrected chi connectivity index (χ4v) is 6.84. The number of rotatable bonds is 9. The summed E-state index contributed by atoms with van der Waals surface area (Å²) in [6, 6.07) is 24.0. The molecule has 7 rings (SSSR count). The number of aromatic amines is 1. The van der Waals surface area contributed by atoms with E-state index in [1.54, 1.807) is 19.3 Å². The maximum Gasteiger partial charge on any atom is 0.270 e. The van der Waals surface area contributed by atoms with Gasteiger partial charge in [0.25, 0.3) is 5.91 Å². The molecule has 0 saturated carbocycles. The van der Waals surface area contributed by atoms with Gasteiger partial charge in [-0.3, -0.25) is 24.3 Å². The van der Waals surface area contributed by atoms with Gasteiger partial charge in [-0.2, -0.15) is 10.2 Å². The largest absolute Gasteiger partial charge is 0.338 e. The number of hydrogen-bond donors (Lipinski definition) is 3. The molecule has 5 aromatic rings. The van der Waals surface area contributed by atoms with Gasteiger partial charge in [-0.25, -0.2) is 0 Å². The molecule has 3 aromatic carbocycles. The summed E-state index contributed by atoms with van der Waals surface area (Å²) < 4.78 is 1.52. The number of aromatic nitrogens is 4. The van der Waals surface area contributed by atoms with E-state index in [9.17, 15) is 9.59 Å². The van der Waals surface area contributed by atoms with Crippen LogP contribution in [-0.4, -0.2) is 55.8 Å². The molecule has 0 bridgehead atoms. The number of carbonyl (C=O) groups is 2. The first kappa shape index (κ1) is 29.7. The first-order chi connectivity index (χ1) is 22.3. The Hall–Kier alpha value is -5.02. The van der Waals surface area contributed by atoms with Crippen LogP contribution in [0.5, 0.6) is 0 Å². The molecule has 1 saturated heterocycles. The molecule has 3 heterocycles. The molecule has 0 radical (unpaired) electrons. The molecule has 234 valence electrons. The van der Waals surface area contributed by atoms with Crippen LogP contribution in [0.2, 0.25) is 0 Å². The second-order valence-corrected chi connectivity index (χ2v) is 12.6. The third-order valence-corrected chi connectivity index (χ3v) is 9.51. The Kier molecular flexibility index (Phi) is 8.00. The Balaban J connectivity index is 1.15. The van der Waals surface area contributed by atoms with Gasteiger partial charge < -0.3 is 10.6 Å². The van der Waals surface area contributed by atoms with Gasteiger partial charge in [0.1, 0.15) is 11.7 Å². The van der Waals surface area contributed by atoms with E-state index in [4.69, 9.17) is 0 Å². The summed E-state index contributed by atoms with van der Waals surface area (Å²) in [5.41, 5.74) is 11.0. The number of H-pyrrole nitrogens is 1. The van der Waals surface area contributed by atoms with E-state index >= 15 is 0 Å². The molecule has 0 unspecified atom stereocenters. The normalized spacial score (nSPS) is 16.5. The lowest BCUT2D eigenvalue weighted by molar-refractivity contribution is -0.118. The first-order valence-corrected chi connectivity index (χ1v) is 16.0. The highest BCUT2D eigenvalue weighted by molar-refractivity contribution is 6.01. The standard InChI is InChI=1S/C37H39N7O2/c1-23-34(24(2)42-41-23)28-11-14-30(15-12-28)39-37(46)35(40-36(45)33-17-18-38-43(33)3)31-16-13-27-9-10-29(21-32(27)31)26-7-5-25(6-8-26)22-44-19-4-20-44/h5-12,14-15,17-18,21,31,35H,4,13,16,19-20,22H2,1-3H3,(H,39,46)(H,40,45)(H,41,42)/t31-,35+/m1/s1. The molecule has 0 spiro atoms. The number of aryl methyl sites for hydroxylation is 4. The number of benzene rings is 3. The molecule has 2 atom stereocenters. The number of fused-ring (bicyclic) bond motifs is 1. The monoisotopic (exact) mass is 613 g/mol. The van der Waals surface area contributed by atoms with Crippen molar-refractivity contribution in [3.05, 3.63) is 113 Å². The van der Waals surface area contributed by atoms with Crippen LogP contribution < -0.4 is 10.6 Å². The fourth-order valence-electron chi connectivity index (χ4n) is 6.84. The zero-order valence-electron chi connectivity index (χ0n) is 26.5. The maximum absolute atomic E-state index is 14.1. The minimum absolute atomic E-state index is 0.187. The third-order valence-electron chi connectivity index (χ3n) is 9.51. The number of likely N-dealkylation sites (tertiary alicyclic amines) is 1. The van der Waals surface area contributed by atoms with Gasteiger partial charge in [0.2, 0.25) is 5.91 Å². The summed E-state index contributed by atoms with van der Waals surface area (Å²) >= 11 is 0. The molecule has 3 N–H and O–H groups in total. The molecule has 2 aliphatic rings. The van der Waals surface area contributed by atoms with Gasteiger partial charge in [-0.1, -0.05) is 54.6 Å². The van der Waals surface area contributed by atoms with E-state index in [1.165, 1.54) is 35.3 Å². The minimum Gasteiger partial charge on any atom is -0.338 e. The van der Waals surface area contributed by atoms with Crippen LogP contribution in [0.4, 0.5) is 5.69 Å². The van der Waals surface area contributed by atoms with Gasteiger partial charge in [-0.15, -0.1) is 0 Å². The van der Waals surface area contributed by atoms with Crippen molar-refractivity contribution in [1.29, 1.82) is 0 Å². The number of amides is 2. The highest BCUT2D eigenvalue weighted by Gasteiger charge is 2.36. The van der Waals surface area contributed by atoms with Crippen LogP contribution in [0.3, 0.4) is 0 Å².